The monoisotopic (exact) mass is 247 g/mol. The van der Waals surface area contributed by atoms with Gasteiger partial charge in [-0.15, -0.1) is 0 Å². The van der Waals surface area contributed by atoms with E-state index in [1.165, 1.54) is 37.2 Å². The zero-order valence-electron chi connectivity index (χ0n) is 11.7. The number of hydrogen-bond donors (Lipinski definition) is 2. The summed E-state index contributed by atoms with van der Waals surface area (Å²) in [5, 5.41) is 7.15. The highest BCUT2D eigenvalue weighted by atomic mass is 15.1. The Morgan fingerprint density at radius 2 is 2.28 bits per heavy atom. The second-order valence-corrected chi connectivity index (χ2v) is 5.52. The van der Waals surface area contributed by atoms with Crippen molar-refractivity contribution in [2.24, 2.45) is 0 Å². The molecule has 0 aromatic heterocycles. The van der Waals surface area contributed by atoms with Crippen molar-refractivity contribution < 1.29 is 0 Å². The van der Waals surface area contributed by atoms with Crippen molar-refractivity contribution in [2.45, 2.75) is 38.3 Å². The Kier molecular flexibility index (Phi) is 4.48. The zero-order valence-corrected chi connectivity index (χ0v) is 11.7. The fraction of sp³-hybridized carbons (Fsp3) is 0.600. The molecule has 3 heteroatoms. The van der Waals surface area contributed by atoms with Crippen LogP contribution in [-0.4, -0.2) is 32.7 Å². The number of anilines is 2. The number of rotatable bonds is 5. The normalized spacial score (nSPS) is 20.7. The van der Waals surface area contributed by atoms with Crippen molar-refractivity contribution >= 4 is 11.4 Å². The van der Waals surface area contributed by atoms with Crippen LogP contribution >= 0.6 is 0 Å². The largest absolute Gasteiger partial charge is 0.382 e. The smallest absolute Gasteiger partial charge is 0.0381 e. The fourth-order valence-corrected chi connectivity index (χ4v) is 2.60. The van der Waals surface area contributed by atoms with Crippen LogP contribution in [0.2, 0.25) is 0 Å². The molecule has 1 saturated heterocycles. The molecule has 0 saturated carbocycles. The Balaban J connectivity index is 1.89. The van der Waals surface area contributed by atoms with Crippen LogP contribution in [0.25, 0.3) is 0 Å². The van der Waals surface area contributed by atoms with Crippen LogP contribution in [0.1, 0.15) is 26.2 Å². The van der Waals surface area contributed by atoms with Gasteiger partial charge in [0, 0.05) is 37.6 Å². The quantitative estimate of drug-likeness (QED) is 0.837. The molecule has 2 rings (SSSR count). The van der Waals surface area contributed by atoms with Gasteiger partial charge in [0.15, 0.2) is 0 Å². The molecule has 2 unspecified atom stereocenters. The van der Waals surface area contributed by atoms with Crippen molar-refractivity contribution in [1.29, 1.82) is 0 Å². The molecule has 3 nitrogen and oxygen atoms in total. The molecule has 0 bridgehead atoms. The van der Waals surface area contributed by atoms with Gasteiger partial charge < -0.3 is 15.5 Å². The number of hydrogen-bond acceptors (Lipinski definition) is 3. The van der Waals surface area contributed by atoms with Crippen LogP contribution in [0, 0.1) is 0 Å². The molecule has 1 aliphatic rings. The molecule has 2 atom stereocenters. The minimum absolute atomic E-state index is 0.512. The van der Waals surface area contributed by atoms with Crippen molar-refractivity contribution in [1.82, 2.24) is 5.32 Å². The summed E-state index contributed by atoms with van der Waals surface area (Å²) < 4.78 is 0. The first kappa shape index (κ1) is 13.2. The first-order chi connectivity index (χ1) is 8.65. The molecule has 2 N–H and O–H groups in total. The van der Waals surface area contributed by atoms with E-state index in [2.05, 4.69) is 60.8 Å². The van der Waals surface area contributed by atoms with Gasteiger partial charge in [-0.2, -0.15) is 0 Å². The summed E-state index contributed by atoms with van der Waals surface area (Å²) in [7, 11) is 4.15. The molecule has 1 aromatic rings. The second kappa shape index (κ2) is 6.10. The molecule has 0 aliphatic carbocycles. The molecule has 0 spiro atoms. The van der Waals surface area contributed by atoms with E-state index in [0.29, 0.717) is 12.1 Å². The van der Waals surface area contributed by atoms with Gasteiger partial charge >= 0.3 is 0 Å². The van der Waals surface area contributed by atoms with Crippen molar-refractivity contribution in [3.8, 4) is 0 Å². The Morgan fingerprint density at radius 3 is 2.94 bits per heavy atom. The number of benzene rings is 1. The number of nitrogens with zero attached hydrogens (tertiary/aromatic N) is 1. The first-order valence-corrected chi connectivity index (χ1v) is 6.92. The van der Waals surface area contributed by atoms with E-state index >= 15 is 0 Å². The molecule has 0 amide bonds. The van der Waals surface area contributed by atoms with E-state index in [0.717, 1.165) is 0 Å². The molecule has 1 fully saturated rings. The Morgan fingerprint density at radius 1 is 1.44 bits per heavy atom. The van der Waals surface area contributed by atoms with Gasteiger partial charge in [0.1, 0.15) is 0 Å². The van der Waals surface area contributed by atoms with E-state index in [-0.39, 0.29) is 0 Å². The lowest BCUT2D eigenvalue weighted by atomic mass is 10.1. The third kappa shape index (κ3) is 3.64. The lowest BCUT2D eigenvalue weighted by molar-refractivity contribution is 0.523. The van der Waals surface area contributed by atoms with Crippen LogP contribution in [0.4, 0.5) is 11.4 Å². The molecule has 100 valence electrons. The fourth-order valence-electron chi connectivity index (χ4n) is 2.60. The standard InChI is InChI=1S/C15H25N3/c1-12(10-13-7-5-9-16-13)17-14-6-4-8-15(11-14)18(2)3/h4,6,8,11-13,16-17H,5,7,9-10H2,1-3H3. The highest BCUT2D eigenvalue weighted by Crippen LogP contribution is 2.19. The molecule has 1 heterocycles. The molecular formula is C15H25N3. The minimum Gasteiger partial charge on any atom is -0.382 e. The molecule has 0 radical (unpaired) electrons. The topological polar surface area (TPSA) is 27.3 Å². The molecule has 1 aromatic carbocycles. The van der Waals surface area contributed by atoms with Crippen LogP contribution in [0.5, 0.6) is 0 Å². The lowest BCUT2D eigenvalue weighted by Gasteiger charge is -2.20. The second-order valence-electron chi connectivity index (χ2n) is 5.52. The maximum Gasteiger partial charge on any atom is 0.0381 e. The Bertz CT molecular complexity index is 370. The van der Waals surface area contributed by atoms with Gasteiger partial charge in [-0.3, -0.25) is 0 Å². The summed E-state index contributed by atoms with van der Waals surface area (Å²) in [5.74, 6) is 0. The van der Waals surface area contributed by atoms with Gasteiger partial charge in [0.2, 0.25) is 0 Å². The van der Waals surface area contributed by atoms with E-state index in [4.69, 9.17) is 0 Å². The maximum atomic E-state index is 3.60. The summed E-state index contributed by atoms with van der Waals surface area (Å²) in [4.78, 5) is 2.13. The summed E-state index contributed by atoms with van der Waals surface area (Å²) in [6, 6.07) is 9.80. The maximum absolute atomic E-state index is 3.60. The summed E-state index contributed by atoms with van der Waals surface area (Å²) in [5.41, 5.74) is 2.46. The van der Waals surface area contributed by atoms with Crippen molar-refractivity contribution in [2.75, 3.05) is 30.9 Å². The molecule has 1 aliphatic heterocycles. The van der Waals surface area contributed by atoms with Gasteiger partial charge in [0.05, 0.1) is 0 Å². The highest BCUT2D eigenvalue weighted by Gasteiger charge is 2.16. The van der Waals surface area contributed by atoms with Gasteiger partial charge in [-0.25, -0.2) is 0 Å². The summed E-state index contributed by atoms with van der Waals surface area (Å²) in [6.45, 7) is 3.45. The van der Waals surface area contributed by atoms with Crippen molar-refractivity contribution in [3.63, 3.8) is 0 Å². The van der Waals surface area contributed by atoms with Crippen LogP contribution < -0.4 is 15.5 Å². The average molecular weight is 247 g/mol. The van der Waals surface area contributed by atoms with Gasteiger partial charge in [0.25, 0.3) is 0 Å². The highest BCUT2D eigenvalue weighted by molar-refractivity contribution is 5.57. The average Bonchev–Trinajstić information content (AvgIpc) is 2.82. The SMILES string of the molecule is CC(CC1CCCN1)Nc1cccc(N(C)C)c1. The summed E-state index contributed by atoms with van der Waals surface area (Å²) >= 11 is 0. The van der Waals surface area contributed by atoms with E-state index in [1.807, 2.05) is 0 Å². The third-order valence-corrected chi connectivity index (χ3v) is 3.58. The zero-order chi connectivity index (χ0) is 13.0. The van der Waals surface area contributed by atoms with E-state index in [9.17, 15) is 0 Å². The lowest BCUT2D eigenvalue weighted by Crippen LogP contribution is -2.29. The van der Waals surface area contributed by atoms with Crippen LogP contribution in [-0.2, 0) is 0 Å². The van der Waals surface area contributed by atoms with Crippen LogP contribution in [0.3, 0.4) is 0 Å². The Labute approximate surface area is 111 Å². The molecule has 18 heavy (non-hydrogen) atoms. The summed E-state index contributed by atoms with van der Waals surface area (Å²) in [6.07, 6.45) is 3.85. The Hall–Kier alpha value is -1.22. The molecular weight excluding hydrogens is 222 g/mol. The number of nitrogens with one attached hydrogen (secondary N) is 2. The van der Waals surface area contributed by atoms with Gasteiger partial charge in [-0.05, 0) is 50.9 Å². The predicted octanol–water partition coefficient (Wildman–Crippen LogP) is 2.70. The van der Waals surface area contributed by atoms with E-state index in [1.54, 1.807) is 0 Å². The van der Waals surface area contributed by atoms with Crippen molar-refractivity contribution in [3.05, 3.63) is 24.3 Å². The van der Waals surface area contributed by atoms with Gasteiger partial charge in [-0.1, -0.05) is 6.07 Å². The van der Waals surface area contributed by atoms with E-state index < -0.39 is 0 Å². The van der Waals surface area contributed by atoms with Crippen LogP contribution in [0.15, 0.2) is 24.3 Å². The predicted molar refractivity (Wildman–Crippen MR) is 79.5 cm³/mol. The third-order valence-electron chi connectivity index (χ3n) is 3.58. The first-order valence-electron chi connectivity index (χ1n) is 6.92. The minimum atomic E-state index is 0.512.